The van der Waals surface area contributed by atoms with E-state index < -0.39 is 24.0 Å². The summed E-state index contributed by atoms with van der Waals surface area (Å²) in [5.74, 6) is 0.157. The fourth-order valence-corrected chi connectivity index (χ4v) is 21.3. The Morgan fingerprint density at radius 1 is 0.921 bits per heavy atom. The van der Waals surface area contributed by atoms with E-state index in [0.717, 1.165) is 24.2 Å². The van der Waals surface area contributed by atoms with Gasteiger partial charge in [0.2, 0.25) is 0 Å². The number of likely N-dealkylation sites (N-methyl/N-ethyl adjacent to an activating group) is 1. The molecule has 2 aromatic carbocycles. The van der Waals surface area contributed by atoms with Crippen molar-refractivity contribution < 1.29 is 4.79 Å². The van der Waals surface area contributed by atoms with Gasteiger partial charge in [-0.25, -0.2) is 0 Å². The zero-order valence-corrected chi connectivity index (χ0v) is 26.7. The number of benzene rings is 2. The molecule has 0 bridgehead atoms. The van der Waals surface area contributed by atoms with Gasteiger partial charge in [0, 0.05) is 0 Å². The van der Waals surface area contributed by atoms with Crippen LogP contribution in [0.2, 0.25) is 13.3 Å². The van der Waals surface area contributed by atoms with E-state index in [9.17, 15) is 4.79 Å². The van der Waals surface area contributed by atoms with E-state index >= 15 is 0 Å². The Hall–Kier alpha value is -2.21. The molecule has 5 heteroatoms. The second-order valence-electron chi connectivity index (χ2n) is 11.5. The van der Waals surface area contributed by atoms with Gasteiger partial charge in [-0.3, -0.25) is 0 Å². The van der Waals surface area contributed by atoms with Crippen molar-refractivity contribution in [1.82, 2.24) is 9.88 Å². The third-order valence-corrected chi connectivity index (χ3v) is 23.2. The number of anilines is 1. The molecule has 2 aliphatic heterocycles. The molecule has 0 radical (unpaired) electrons. The number of H-pyrrole nitrogens is 1. The number of nitrogens with zero attached hydrogens (tertiary/aromatic N) is 2. The fourth-order valence-electron chi connectivity index (χ4n) is 6.97. The first-order chi connectivity index (χ1) is 18.5. The van der Waals surface area contributed by atoms with Gasteiger partial charge in [-0.05, 0) is 0 Å². The SMILES string of the molecule is CCC[CH2][Sn](/[CH]=C/C12c3[nH]c4ccccc4c3CCN1C(=O)c1ccccc1N2C)([CH2]CCC)[CH2]CCC. The molecule has 0 saturated heterocycles. The Labute approximate surface area is 233 Å². The zero-order valence-electron chi connectivity index (χ0n) is 23.9. The van der Waals surface area contributed by atoms with Gasteiger partial charge >= 0.3 is 234 Å². The average Bonchev–Trinajstić information content (AvgIpc) is 3.34. The Kier molecular flexibility index (Phi) is 8.27. The number of hydrogen-bond donors (Lipinski definition) is 1. The normalized spacial score (nSPS) is 19.2. The number of carbonyl (C=O) groups is 1. The molecular weight excluding hydrogens is 573 g/mol. The van der Waals surface area contributed by atoms with Gasteiger partial charge in [-0.1, -0.05) is 0 Å². The number of aromatic amines is 1. The molecule has 1 unspecified atom stereocenters. The van der Waals surface area contributed by atoms with E-state index in [1.807, 2.05) is 12.1 Å². The summed E-state index contributed by atoms with van der Waals surface area (Å²) < 4.78 is 7.03. The first kappa shape index (κ1) is 27.4. The Morgan fingerprint density at radius 3 is 2.24 bits per heavy atom. The van der Waals surface area contributed by atoms with Crippen LogP contribution in [-0.2, 0) is 12.1 Å². The Morgan fingerprint density at radius 2 is 1.55 bits per heavy atom. The molecular formula is C33H45N3OSn. The van der Waals surface area contributed by atoms with Crippen LogP contribution in [0.5, 0.6) is 0 Å². The molecule has 3 heterocycles. The molecule has 1 aromatic heterocycles. The average molecular weight is 618 g/mol. The summed E-state index contributed by atoms with van der Waals surface area (Å²) in [5.41, 5.74) is 4.96. The van der Waals surface area contributed by atoms with Crippen LogP contribution in [0.3, 0.4) is 0 Å². The number of amides is 1. The summed E-state index contributed by atoms with van der Waals surface area (Å²) in [4.78, 5) is 22.5. The van der Waals surface area contributed by atoms with Crippen LogP contribution in [0.25, 0.3) is 10.9 Å². The van der Waals surface area contributed by atoms with Crippen molar-refractivity contribution in [3.63, 3.8) is 0 Å². The van der Waals surface area contributed by atoms with Crippen molar-refractivity contribution in [2.24, 2.45) is 0 Å². The molecule has 1 N–H and O–H groups in total. The molecule has 2 aliphatic rings. The van der Waals surface area contributed by atoms with Gasteiger partial charge in [0.25, 0.3) is 0 Å². The molecule has 0 saturated carbocycles. The molecule has 0 fully saturated rings. The van der Waals surface area contributed by atoms with Gasteiger partial charge in [-0.2, -0.15) is 0 Å². The summed E-state index contributed by atoms with van der Waals surface area (Å²) in [5, 5.41) is 1.30. The molecule has 202 valence electrons. The number of unbranched alkanes of at least 4 members (excludes halogenated alkanes) is 3. The van der Waals surface area contributed by atoms with Crippen molar-refractivity contribution in [3.8, 4) is 0 Å². The van der Waals surface area contributed by atoms with E-state index in [4.69, 9.17) is 0 Å². The van der Waals surface area contributed by atoms with Crippen LogP contribution in [0.1, 0.15) is 80.9 Å². The van der Waals surface area contributed by atoms with Crippen LogP contribution in [0, 0.1) is 0 Å². The van der Waals surface area contributed by atoms with Crippen LogP contribution >= 0.6 is 0 Å². The van der Waals surface area contributed by atoms with Crippen molar-refractivity contribution in [2.45, 2.75) is 84.7 Å². The number of rotatable bonds is 11. The molecule has 0 aliphatic carbocycles. The van der Waals surface area contributed by atoms with E-state index in [2.05, 4.69) is 89.2 Å². The molecule has 3 aromatic rings. The van der Waals surface area contributed by atoms with Crippen LogP contribution < -0.4 is 4.90 Å². The number of fused-ring (bicyclic) bond motifs is 6. The van der Waals surface area contributed by atoms with Crippen molar-refractivity contribution in [3.05, 3.63) is 75.5 Å². The summed E-state index contributed by atoms with van der Waals surface area (Å²) in [6.45, 7) is 7.74. The molecule has 4 nitrogen and oxygen atoms in total. The molecule has 5 rings (SSSR count). The molecule has 38 heavy (non-hydrogen) atoms. The number of hydrogen-bond acceptors (Lipinski definition) is 2. The van der Waals surface area contributed by atoms with Gasteiger partial charge in [0.05, 0.1) is 0 Å². The maximum absolute atomic E-state index is 14.1. The summed E-state index contributed by atoms with van der Waals surface area (Å²) in [7, 11) is 2.20. The second kappa shape index (κ2) is 11.5. The third-order valence-electron chi connectivity index (χ3n) is 9.18. The van der Waals surface area contributed by atoms with Crippen molar-refractivity contribution in [1.29, 1.82) is 0 Å². The topological polar surface area (TPSA) is 39.3 Å². The quantitative estimate of drug-likeness (QED) is 0.219. The van der Waals surface area contributed by atoms with Gasteiger partial charge in [0.1, 0.15) is 0 Å². The standard InChI is InChI=1S/C21H18N3O.3C4H9.Sn/c1-3-21-19-15(14-8-4-6-10-17(14)22-19)12-13-24(21)20(25)16-9-5-7-11-18(16)23(21)2;3*1-3-4-2;/h1,3-11,22H,12-13H2,2H3;3*1,3-4H2,2H3;. The van der Waals surface area contributed by atoms with E-state index in [-0.39, 0.29) is 5.91 Å². The van der Waals surface area contributed by atoms with Gasteiger partial charge in [0.15, 0.2) is 0 Å². The predicted octanol–water partition coefficient (Wildman–Crippen LogP) is 8.41. The minimum absolute atomic E-state index is 0.157. The predicted molar refractivity (Wildman–Crippen MR) is 164 cm³/mol. The zero-order chi connectivity index (χ0) is 26.8. The maximum atomic E-state index is 14.1. The minimum atomic E-state index is -2.63. The van der Waals surface area contributed by atoms with Crippen molar-refractivity contribution >= 4 is 40.9 Å². The number of nitrogens with one attached hydrogen (secondary N) is 1. The Balaban J connectivity index is 1.73. The van der Waals surface area contributed by atoms with Gasteiger partial charge < -0.3 is 0 Å². The number of para-hydroxylation sites is 2. The van der Waals surface area contributed by atoms with Gasteiger partial charge in [-0.15, -0.1) is 0 Å². The van der Waals surface area contributed by atoms with Crippen LogP contribution in [-0.4, -0.2) is 47.8 Å². The number of carbonyl (C=O) groups excluding carboxylic acids is 1. The summed E-state index contributed by atoms with van der Waals surface area (Å²) >= 11 is -2.63. The van der Waals surface area contributed by atoms with Crippen molar-refractivity contribution in [2.75, 3.05) is 18.5 Å². The first-order valence-corrected chi connectivity index (χ1v) is 22.7. The molecule has 0 spiro atoms. The summed E-state index contributed by atoms with van der Waals surface area (Å²) in [6, 6.07) is 16.8. The molecule has 1 atom stereocenters. The van der Waals surface area contributed by atoms with E-state index in [1.165, 1.54) is 74.0 Å². The third kappa shape index (κ3) is 4.61. The monoisotopic (exact) mass is 619 g/mol. The first-order valence-electron chi connectivity index (χ1n) is 15.0. The summed E-state index contributed by atoms with van der Waals surface area (Å²) in [6.07, 6.45) is 11.2. The fraction of sp³-hybridized carbons (Fsp3) is 0.485. The second-order valence-corrected chi connectivity index (χ2v) is 24.5. The van der Waals surface area contributed by atoms with E-state index in [1.54, 1.807) is 0 Å². The van der Waals surface area contributed by atoms with E-state index in [0.29, 0.717) is 0 Å². The van der Waals surface area contributed by atoms with Crippen LogP contribution in [0.15, 0.2) is 58.7 Å². The molecule has 1 amide bonds. The number of aromatic nitrogens is 1. The Bertz CT molecular complexity index is 1290. The van der Waals surface area contributed by atoms with Crippen LogP contribution in [0.4, 0.5) is 5.69 Å².